The Morgan fingerprint density at radius 3 is 2.65 bits per heavy atom. The van der Waals surface area contributed by atoms with Crippen LogP contribution in [-0.4, -0.2) is 69.4 Å². The van der Waals surface area contributed by atoms with Crippen LogP contribution in [0.25, 0.3) is 0 Å². The van der Waals surface area contributed by atoms with Gasteiger partial charge in [-0.1, -0.05) is 20.8 Å². The first-order valence-electron chi connectivity index (χ1n) is 12.7. The molecule has 0 saturated carbocycles. The van der Waals surface area contributed by atoms with Crippen molar-refractivity contribution < 1.29 is 19.1 Å². The minimum Gasteiger partial charge on any atom is -0.493 e. The molecule has 9 heteroatoms. The molecule has 8 nitrogen and oxygen atoms in total. The molecule has 1 N–H and O–H groups in total. The van der Waals surface area contributed by atoms with E-state index in [4.69, 9.17) is 9.47 Å². The van der Waals surface area contributed by atoms with E-state index in [9.17, 15) is 9.59 Å². The van der Waals surface area contributed by atoms with Crippen molar-refractivity contribution in [1.82, 2.24) is 10.2 Å². The van der Waals surface area contributed by atoms with Crippen LogP contribution in [0, 0.1) is 5.41 Å². The van der Waals surface area contributed by atoms with Crippen molar-refractivity contribution in [2.45, 2.75) is 46.5 Å². The normalized spacial score (nSPS) is 22.4. The summed E-state index contributed by atoms with van der Waals surface area (Å²) in [6, 6.07) is 3.92. The molecular weight excluding hydrogens is 536 g/mol. The van der Waals surface area contributed by atoms with Gasteiger partial charge in [0.2, 0.25) is 0 Å². The lowest BCUT2D eigenvalue weighted by Crippen LogP contribution is -2.38. The maximum atomic E-state index is 13.7. The molecule has 37 heavy (non-hydrogen) atoms. The second-order valence-electron chi connectivity index (χ2n) is 11.1. The monoisotopic (exact) mass is 572 g/mol. The number of hydrogen-bond donors (Lipinski definition) is 1. The largest absolute Gasteiger partial charge is 0.493 e. The number of likely N-dealkylation sites (tertiary alicyclic amines) is 1. The van der Waals surface area contributed by atoms with Gasteiger partial charge >= 0.3 is 0 Å². The van der Waals surface area contributed by atoms with Gasteiger partial charge < -0.3 is 24.6 Å². The molecule has 2 aliphatic heterocycles. The van der Waals surface area contributed by atoms with Crippen molar-refractivity contribution in [3.05, 3.63) is 46.2 Å². The quantitative estimate of drug-likeness (QED) is 0.509. The maximum absolute atomic E-state index is 13.7. The number of carbonyl (C=O) groups is 2. The molecule has 1 aromatic carbocycles. The van der Waals surface area contributed by atoms with Gasteiger partial charge in [0.15, 0.2) is 5.78 Å². The highest BCUT2D eigenvalue weighted by Gasteiger charge is 2.49. The highest BCUT2D eigenvalue weighted by atomic mass is 79.9. The number of fused-ring (bicyclic) bond motifs is 2. The van der Waals surface area contributed by atoms with E-state index < -0.39 is 5.41 Å². The van der Waals surface area contributed by atoms with E-state index in [-0.39, 0.29) is 23.7 Å². The number of ketones is 1. The fraction of sp³-hybridized carbons (Fsp3) is 0.536. The summed E-state index contributed by atoms with van der Waals surface area (Å²) in [5.41, 5.74) is 3.59. The molecule has 1 saturated heterocycles. The minimum absolute atomic E-state index is 0.00767. The Morgan fingerprint density at radius 2 is 2.03 bits per heavy atom. The zero-order valence-electron chi connectivity index (χ0n) is 22.8. The van der Waals surface area contributed by atoms with Crippen molar-refractivity contribution >= 4 is 39.4 Å². The average Bonchev–Trinajstić information content (AvgIpc) is 3.12. The van der Waals surface area contributed by atoms with Gasteiger partial charge in [0, 0.05) is 31.8 Å². The summed E-state index contributed by atoms with van der Waals surface area (Å²) >= 11 is 3.31. The standard InChI is InChI=1S/C28H37BrN4O4/c1-8-36-23-13-18-15-33(26(31-29)28(18,5)14-19(23)25(35)30-6)16-22(34)17-11-20(27(2,3)4)24-21(12-17)32(7)9-10-37-24/h11-13H,8-10,14-16H2,1-7H3,(H,30,35)/t28-/m0/s1. The van der Waals surface area contributed by atoms with E-state index in [0.29, 0.717) is 43.1 Å². The first-order valence-corrected chi connectivity index (χ1v) is 13.4. The van der Waals surface area contributed by atoms with Crippen LogP contribution in [0.3, 0.4) is 0 Å². The molecule has 1 fully saturated rings. The predicted octanol–water partition coefficient (Wildman–Crippen LogP) is 4.39. The van der Waals surface area contributed by atoms with Crippen LogP contribution in [0.4, 0.5) is 5.69 Å². The molecule has 0 radical (unpaired) electrons. The van der Waals surface area contributed by atoms with Crippen molar-refractivity contribution in [2.24, 2.45) is 9.43 Å². The Labute approximate surface area is 228 Å². The summed E-state index contributed by atoms with van der Waals surface area (Å²) in [7, 11) is 3.65. The molecule has 3 aliphatic rings. The highest BCUT2D eigenvalue weighted by Crippen LogP contribution is 2.47. The van der Waals surface area contributed by atoms with E-state index in [0.717, 1.165) is 35.0 Å². The van der Waals surface area contributed by atoms with Gasteiger partial charge in [-0.3, -0.25) is 9.59 Å². The lowest BCUT2D eigenvalue weighted by Gasteiger charge is -2.33. The Bertz CT molecular complexity index is 1210. The van der Waals surface area contributed by atoms with Gasteiger partial charge in [-0.15, -0.1) is 0 Å². The number of nitrogens with one attached hydrogen (secondary N) is 1. The number of hydrogen-bond acceptors (Lipinski definition) is 6. The van der Waals surface area contributed by atoms with E-state index >= 15 is 0 Å². The third-order valence-corrected chi connectivity index (χ3v) is 7.83. The molecule has 0 aromatic heterocycles. The molecule has 2 heterocycles. The van der Waals surface area contributed by atoms with Crippen molar-refractivity contribution in [1.29, 1.82) is 0 Å². The van der Waals surface area contributed by atoms with Crippen LogP contribution in [0.15, 0.2) is 39.1 Å². The van der Waals surface area contributed by atoms with Gasteiger partial charge in [-0.25, -0.2) is 0 Å². The molecule has 200 valence electrons. The Balaban J connectivity index is 1.66. The number of carbonyl (C=O) groups excluding carboxylic acids is 2. The number of Topliss-reactive ketones (excluding diaryl/α,β-unsaturated/α-hetero) is 1. The molecule has 4 rings (SSSR count). The number of anilines is 1. The fourth-order valence-corrected chi connectivity index (χ4v) is 5.99. The van der Waals surface area contributed by atoms with Gasteiger partial charge in [0.25, 0.3) is 5.91 Å². The first kappa shape index (κ1) is 27.2. The van der Waals surface area contributed by atoms with Crippen molar-refractivity contribution in [3.8, 4) is 5.75 Å². The molecular formula is C28H37BrN4O4. The van der Waals surface area contributed by atoms with Gasteiger partial charge in [-0.05, 0) is 49.5 Å². The zero-order valence-corrected chi connectivity index (χ0v) is 24.4. The lowest BCUT2D eigenvalue weighted by molar-refractivity contribution is -0.117. The molecule has 1 atom stereocenters. The van der Waals surface area contributed by atoms with Crippen LogP contribution in [0.1, 0.15) is 57.0 Å². The number of likely N-dealkylation sites (N-methyl/N-ethyl adjacent to an activating group) is 2. The maximum Gasteiger partial charge on any atom is 0.250 e. The van der Waals surface area contributed by atoms with Gasteiger partial charge in [0.1, 0.15) is 24.0 Å². The second kappa shape index (κ2) is 10.2. The third-order valence-electron chi connectivity index (χ3n) is 7.50. The Morgan fingerprint density at radius 1 is 1.30 bits per heavy atom. The Hall–Kier alpha value is -2.81. The molecule has 1 amide bonds. The molecule has 1 aliphatic carbocycles. The van der Waals surface area contributed by atoms with Crippen LogP contribution in [-0.2, 0) is 14.9 Å². The fourth-order valence-electron chi connectivity index (χ4n) is 5.37. The van der Waals surface area contributed by atoms with Crippen LogP contribution in [0.2, 0.25) is 0 Å². The number of halogens is 1. The summed E-state index contributed by atoms with van der Waals surface area (Å²) < 4.78 is 16.3. The second-order valence-corrected chi connectivity index (χ2v) is 11.5. The van der Waals surface area contributed by atoms with Crippen LogP contribution < -0.4 is 15.0 Å². The van der Waals surface area contributed by atoms with Crippen LogP contribution in [0.5, 0.6) is 5.75 Å². The molecule has 0 unspecified atom stereocenters. The molecule has 0 bridgehead atoms. The van der Waals surface area contributed by atoms with Crippen molar-refractivity contribution in [3.63, 3.8) is 0 Å². The highest BCUT2D eigenvalue weighted by molar-refractivity contribution is 9.08. The third kappa shape index (κ3) is 4.90. The van der Waals surface area contributed by atoms with E-state index in [1.807, 2.05) is 37.1 Å². The summed E-state index contributed by atoms with van der Waals surface area (Å²) in [5.74, 6) is 2.02. The van der Waals surface area contributed by atoms with E-state index in [1.54, 1.807) is 7.05 Å². The number of ether oxygens (including phenoxy) is 2. The van der Waals surface area contributed by atoms with Crippen LogP contribution >= 0.6 is 16.1 Å². The first-order chi connectivity index (χ1) is 17.4. The minimum atomic E-state index is -0.521. The van der Waals surface area contributed by atoms with Gasteiger partial charge in [0.05, 0.1) is 52.5 Å². The number of amides is 1. The summed E-state index contributed by atoms with van der Waals surface area (Å²) in [4.78, 5) is 30.5. The lowest BCUT2D eigenvalue weighted by atomic mass is 9.74. The zero-order chi connectivity index (χ0) is 27.1. The number of rotatable bonds is 6. The summed E-state index contributed by atoms with van der Waals surface area (Å²) in [6.07, 6.45) is 2.39. The number of allylic oxidation sites excluding steroid dienone is 1. The van der Waals surface area contributed by atoms with E-state index in [2.05, 4.69) is 58.1 Å². The smallest absolute Gasteiger partial charge is 0.250 e. The molecule has 0 spiro atoms. The topological polar surface area (TPSA) is 83.5 Å². The number of nitrogens with zero attached hydrogens (tertiary/aromatic N) is 3. The predicted molar refractivity (Wildman–Crippen MR) is 150 cm³/mol. The Kier molecular flexibility index (Phi) is 7.48. The SMILES string of the molecule is CCOC1=C(C(=O)NC)C[C@@]2(C)C(=C1)CN(CC(=O)c1cc3c(c(C(C)(C)C)c1)OCCN3C)C2=NBr. The van der Waals surface area contributed by atoms with Crippen molar-refractivity contribution in [2.75, 3.05) is 51.8 Å². The number of benzene rings is 1. The number of amidine groups is 1. The summed E-state index contributed by atoms with van der Waals surface area (Å²) in [6.45, 7) is 12.9. The molecule has 1 aromatic rings. The van der Waals surface area contributed by atoms with E-state index in [1.165, 1.54) is 0 Å². The average molecular weight is 574 g/mol. The summed E-state index contributed by atoms with van der Waals surface area (Å²) in [5, 5.41) is 2.72. The van der Waals surface area contributed by atoms with Gasteiger partial charge in [-0.2, -0.15) is 4.02 Å².